The number of benzene rings is 1. The molecule has 0 aliphatic rings. The standard InChI is InChI=1S/C17H21N3O3S2/c1-12(2)20-25(22,23)15-9-7-14(8-10-15)19-17(21)13(3)24-16-6-4-5-11-18-16/h4-13,20H,1-3H3,(H,19,21)/t13-/m0/s1. The lowest BCUT2D eigenvalue weighted by atomic mass is 10.3. The molecule has 2 aromatic rings. The molecule has 8 heteroatoms. The van der Waals surface area contributed by atoms with Gasteiger partial charge < -0.3 is 5.32 Å². The van der Waals surface area contributed by atoms with E-state index in [9.17, 15) is 13.2 Å². The van der Waals surface area contributed by atoms with Crippen molar-refractivity contribution in [1.29, 1.82) is 0 Å². The maximum absolute atomic E-state index is 12.3. The van der Waals surface area contributed by atoms with E-state index in [4.69, 9.17) is 0 Å². The molecule has 6 nitrogen and oxygen atoms in total. The fourth-order valence-electron chi connectivity index (χ4n) is 1.99. The number of sulfonamides is 1. The van der Waals surface area contributed by atoms with Crippen LogP contribution in [0.15, 0.2) is 58.6 Å². The van der Waals surface area contributed by atoms with Crippen LogP contribution in [0.1, 0.15) is 20.8 Å². The predicted octanol–water partition coefficient (Wildman–Crippen LogP) is 2.89. The molecule has 25 heavy (non-hydrogen) atoms. The summed E-state index contributed by atoms with van der Waals surface area (Å²) in [5.41, 5.74) is 0.543. The molecule has 1 atom stereocenters. The molecule has 0 saturated carbocycles. The summed E-state index contributed by atoms with van der Waals surface area (Å²) in [5.74, 6) is -0.174. The third-order valence-corrected chi connectivity index (χ3v) is 5.85. The largest absolute Gasteiger partial charge is 0.325 e. The second kappa shape index (κ2) is 8.46. The predicted molar refractivity (Wildman–Crippen MR) is 100 cm³/mol. The van der Waals surface area contributed by atoms with Gasteiger partial charge in [-0.3, -0.25) is 4.79 Å². The fourth-order valence-corrected chi connectivity index (χ4v) is 4.05. The van der Waals surface area contributed by atoms with Crippen molar-refractivity contribution in [3.63, 3.8) is 0 Å². The highest BCUT2D eigenvalue weighted by Crippen LogP contribution is 2.22. The SMILES string of the molecule is CC(C)NS(=O)(=O)c1ccc(NC(=O)[C@H](C)Sc2ccccn2)cc1. The van der Waals surface area contributed by atoms with Crippen LogP contribution in [0.3, 0.4) is 0 Å². The Labute approximate surface area is 152 Å². The van der Waals surface area contributed by atoms with Crippen LogP contribution in [0.25, 0.3) is 0 Å². The number of aromatic nitrogens is 1. The molecule has 2 rings (SSSR count). The number of hydrogen-bond acceptors (Lipinski definition) is 5. The van der Waals surface area contributed by atoms with Crippen LogP contribution in [0.5, 0.6) is 0 Å². The summed E-state index contributed by atoms with van der Waals surface area (Å²) in [5, 5.41) is 3.22. The fraction of sp³-hybridized carbons (Fsp3) is 0.294. The number of rotatable bonds is 7. The molecule has 2 N–H and O–H groups in total. The molecule has 0 radical (unpaired) electrons. The van der Waals surface area contributed by atoms with Gasteiger partial charge >= 0.3 is 0 Å². The van der Waals surface area contributed by atoms with Crippen LogP contribution in [0.4, 0.5) is 5.69 Å². The zero-order chi connectivity index (χ0) is 18.4. The van der Waals surface area contributed by atoms with Crippen molar-refractivity contribution in [2.45, 2.75) is 42.0 Å². The van der Waals surface area contributed by atoms with Gasteiger partial charge in [0.15, 0.2) is 0 Å². The summed E-state index contributed by atoms with van der Waals surface area (Å²) in [6.45, 7) is 5.31. The number of nitrogens with one attached hydrogen (secondary N) is 2. The molecule has 1 aromatic heterocycles. The molecule has 0 fully saturated rings. The maximum atomic E-state index is 12.3. The van der Waals surface area contributed by atoms with Crippen molar-refractivity contribution in [1.82, 2.24) is 9.71 Å². The minimum absolute atomic E-state index is 0.162. The number of thioether (sulfide) groups is 1. The Morgan fingerprint density at radius 3 is 2.32 bits per heavy atom. The molecule has 0 aliphatic heterocycles. The molecule has 0 saturated heterocycles. The molecule has 0 spiro atoms. The zero-order valence-electron chi connectivity index (χ0n) is 14.3. The van der Waals surface area contributed by atoms with Gasteiger partial charge in [-0.2, -0.15) is 0 Å². The number of carbonyl (C=O) groups is 1. The van der Waals surface area contributed by atoms with E-state index in [1.54, 1.807) is 39.1 Å². The summed E-state index contributed by atoms with van der Waals surface area (Å²) in [4.78, 5) is 16.6. The Kier molecular flexibility index (Phi) is 6.57. The first-order valence-electron chi connectivity index (χ1n) is 7.79. The highest BCUT2D eigenvalue weighted by Gasteiger charge is 2.17. The third-order valence-electron chi connectivity index (χ3n) is 3.13. The number of amides is 1. The lowest BCUT2D eigenvalue weighted by Crippen LogP contribution is -2.30. The van der Waals surface area contributed by atoms with Gasteiger partial charge in [0, 0.05) is 17.9 Å². The van der Waals surface area contributed by atoms with Gasteiger partial charge in [0.05, 0.1) is 15.2 Å². The van der Waals surface area contributed by atoms with E-state index in [1.807, 2.05) is 18.2 Å². The van der Waals surface area contributed by atoms with Gasteiger partial charge in [0.25, 0.3) is 0 Å². The normalized spacial score (nSPS) is 12.8. The van der Waals surface area contributed by atoms with Crippen LogP contribution in [0.2, 0.25) is 0 Å². The molecule has 1 heterocycles. The minimum atomic E-state index is -3.54. The summed E-state index contributed by atoms with van der Waals surface area (Å²) < 4.78 is 26.7. The number of hydrogen-bond donors (Lipinski definition) is 2. The van der Waals surface area contributed by atoms with Crippen LogP contribution in [-0.4, -0.2) is 30.6 Å². The van der Waals surface area contributed by atoms with Crippen molar-refractivity contribution in [3.05, 3.63) is 48.7 Å². The van der Waals surface area contributed by atoms with Crippen LogP contribution in [-0.2, 0) is 14.8 Å². The maximum Gasteiger partial charge on any atom is 0.240 e. The highest BCUT2D eigenvalue weighted by atomic mass is 32.2. The average Bonchev–Trinajstić information content (AvgIpc) is 2.55. The lowest BCUT2D eigenvalue weighted by molar-refractivity contribution is -0.115. The van der Waals surface area contributed by atoms with Crippen molar-refractivity contribution in [3.8, 4) is 0 Å². The minimum Gasteiger partial charge on any atom is -0.325 e. The monoisotopic (exact) mass is 379 g/mol. The topological polar surface area (TPSA) is 88.2 Å². The summed E-state index contributed by atoms with van der Waals surface area (Å²) in [6.07, 6.45) is 1.68. The summed E-state index contributed by atoms with van der Waals surface area (Å²) >= 11 is 1.36. The first-order chi connectivity index (χ1) is 11.8. The van der Waals surface area contributed by atoms with Crippen molar-refractivity contribution < 1.29 is 13.2 Å². The third kappa shape index (κ3) is 5.84. The summed E-state index contributed by atoms with van der Waals surface area (Å²) in [6, 6.07) is 11.4. The van der Waals surface area contributed by atoms with Crippen molar-refractivity contribution in [2.75, 3.05) is 5.32 Å². The van der Waals surface area contributed by atoms with Gasteiger partial charge in [-0.25, -0.2) is 18.1 Å². The molecule has 1 amide bonds. The first-order valence-corrected chi connectivity index (χ1v) is 10.1. The zero-order valence-corrected chi connectivity index (χ0v) is 15.9. The average molecular weight is 380 g/mol. The Morgan fingerprint density at radius 1 is 1.08 bits per heavy atom. The number of carbonyl (C=O) groups excluding carboxylic acids is 1. The Balaban J connectivity index is 1.99. The summed E-state index contributed by atoms with van der Waals surface area (Å²) in [7, 11) is -3.54. The van der Waals surface area contributed by atoms with Crippen LogP contribution < -0.4 is 10.0 Å². The number of pyridine rings is 1. The van der Waals surface area contributed by atoms with E-state index in [1.165, 1.54) is 23.9 Å². The molecule has 0 bridgehead atoms. The van der Waals surface area contributed by atoms with Gasteiger partial charge in [-0.15, -0.1) is 0 Å². The van der Waals surface area contributed by atoms with E-state index in [0.717, 1.165) is 5.03 Å². The van der Waals surface area contributed by atoms with Crippen molar-refractivity contribution >= 4 is 33.4 Å². The second-order valence-corrected chi connectivity index (χ2v) is 8.79. The molecule has 1 aromatic carbocycles. The highest BCUT2D eigenvalue weighted by molar-refractivity contribution is 8.00. The molecule has 134 valence electrons. The van der Waals surface area contributed by atoms with E-state index >= 15 is 0 Å². The van der Waals surface area contributed by atoms with Gasteiger partial charge in [0.1, 0.15) is 0 Å². The number of nitrogens with zero attached hydrogens (tertiary/aromatic N) is 1. The Morgan fingerprint density at radius 2 is 1.76 bits per heavy atom. The Hall–Kier alpha value is -1.90. The van der Waals surface area contributed by atoms with Gasteiger partial charge in [-0.1, -0.05) is 17.8 Å². The van der Waals surface area contributed by atoms with E-state index in [0.29, 0.717) is 5.69 Å². The van der Waals surface area contributed by atoms with Crippen molar-refractivity contribution in [2.24, 2.45) is 0 Å². The van der Waals surface area contributed by atoms with Crippen LogP contribution in [0, 0.1) is 0 Å². The second-order valence-electron chi connectivity index (χ2n) is 5.72. The van der Waals surface area contributed by atoms with E-state index in [2.05, 4.69) is 15.0 Å². The van der Waals surface area contributed by atoms with Gasteiger partial charge in [-0.05, 0) is 57.2 Å². The molecule has 0 unspecified atom stereocenters. The van der Waals surface area contributed by atoms with E-state index < -0.39 is 10.0 Å². The smallest absolute Gasteiger partial charge is 0.240 e. The first kappa shape index (κ1) is 19.4. The van der Waals surface area contributed by atoms with Crippen LogP contribution >= 0.6 is 11.8 Å². The molecular formula is C17H21N3O3S2. The van der Waals surface area contributed by atoms with Gasteiger partial charge in [0.2, 0.25) is 15.9 Å². The quantitative estimate of drug-likeness (QED) is 0.722. The number of anilines is 1. The molecule has 0 aliphatic carbocycles. The Bertz CT molecular complexity index is 807. The van der Waals surface area contributed by atoms with E-state index in [-0.39, 0.29) is 22.1 Å². The molecular weight excluding hydrogens is 358 g/mol. The lowest BCUT2D eigenvalue weighted by Gasteiger charge is -2.13.